The zero-order chi connectivity index (χ0) is 41.8. The molecular weight excluding hydrogens is 762 g/mol. The van der Waals surface area contributed by atoms with E-state index in [9.17, 15) is 23.1 Å². The molecule has 1 N–H and O–H groups in total. The molecule has 0 bridgehead atoms. The van der Waals surface area contributed by atoms with E-state index >= 15 is 0 Å². The van der Waals surface area contributed by atoms with Crippen LogP contribution in [0.5, 0.6) is 0 Å². The molecule has 2 aliphatic rings. The third kappa shape index (κ3) is 18.2. The molecule has 0 aliphatic carbocycles. The number of cyclic esters (lactones) is 1. The summed E-state index contributed by atoms with van der Waals surface area (Å²) in [6.45, 7) is 13.9. The van der Waals surface area contributed by atoms with Crippen molar-refractivity contribution in [2.24, 2.45) is 0 Å². The second-order valence-corrected chi connectivity index (χ2v) is 25.1. The van der Waals surface area contributed by atoms with Crippen molar-refractivity contribution in [1.82, 2.24) is 0 Å². The molecule has 2 heterocycles. The van der Waals surface area contributed by atoms with E-state index in [0.717, 1.165) is 81.9 Å². The summed E-state index contributed by atoms with van der Waals surface area (Å²) in [6.07, 6.45) is 20.6. The Morgan fingerprint density at radius 1 is 0.772 bits per heavy atom. The standard InChI is InChI=1S/C47H81F3O5SSi/c1-7-8-9-10-11-12-16-19-22-28-33-42(55-57(5,6)45(2,3)4)41-35-34-40(53-41)39(51)32-27-21-18-15-13-14-17-20-23-29-36-46(56-38-30-25-24-26-31-38)37-43(47(48,49)50)54-44(46)52/h24-26,30-31,39-43,51H,7-23,27-29,32-37H2,1-6H3/t39-,40-,41-,42-,43+,46?/m1/s1. The zero-order valence-corrected chi connectivity index (χ0v) is 38.6. The molecular formula is C47H81F3O5SSi. The number of benzene rings is 1. The summed E-state index contributed by atoms with van der Waals surface area (Å²) in [5.74, 6) is -0.735. The van der Waals surface area contributed by atoms with E-state index in [2.05, 4.69) is 40.8 Å². The Labute approximate surface area is 351 Å². The fraction of sp³-hybridized carbons (Fsp3) is 0.851. The topological polar surface area (TPSA) is 65.0 Å². The highest BCUT2D eigenvalue weighted by molar-refractivity contribution is 8.01. The summed E-state index contributed by atoms with van der Waals surface area (Å²) in [7, 11) is -1.95. The number of rotatable bonds is 30. The molecule has 0 amide bonds. The second-order valence-electron chi connectivity index (χ2n) is 18.9. The highest BCUT2D eigenvalue weighted by Gasteiger charge is 2.58. The molecule has 2 fully saturated rings. The van der Waals surface area contributed by atoms with Gasteiger partial charge in [0.25, 0.3) is 0 Å². The Balaban J connectivity index is 1.28. The number of thioether (sulfide) groups is 1. The maximum atomic E-state index is 13.5. The molecule has 2 aliphatic heterocycles. The van der Waals surface area contributed by atoms with Crippen molar-refractivity contribution in [3.05, 3.63) is 30.3 Å². The van der Waals surface area contributed by atoms with E-state index in [-0.39, 0.29) is 29.8 Å². The monoisotopic (exact) mass is 843 g/mol. The van der Waals surface area contributed by atoms with Crippen molar-refractivity contribution in [1.29, 1.82) is 0 Å². The normalized spacial score (nSPS) is 22.9. The van der Waals surface area contributed by atoms with E-state index in [1.165, 1.54) is 82.4 Å². The maximum Gasteiger partial charge on any atom is 0.425 e. The number of alkyl halides is 3. The van der Waals surface area contributed by atoms with Gasteiger partial charge < -0.3 is 19.0 Å². The zero-order valence-electron chi connectivity index (χ0n) is 36.8. The molecule has 6 atom stereocenters. The molecule has 0 saturated carbocycles. The van der Waals surface area contributed by atoms with Crippen LogP contribution in [0.3, 0.4) is 0 Å². The van der Waals surface area contributed by atoms with Crippen LogP contribution in [-0.4, -0.2) is 60.8 Å². The van der Waals surface area contributed by atoms with Gasteiger partial charge in [-0.1, -0.05) is 174 Å². The Morgan fingerprint density at radius 3 is 1.77 bits per heavy atom. The number of unbranched alkanes of at least 4 members (excludes halogenated alkanes) is 18. The SMILES string of the molecule is CCCCCCCCCCCC[C@@H](O[Si](C)(C)C(C)(C)C)[C@H]1CC[C@H]([C@H](O)CCCCCCCCCCCCC2(Sc3ccccc3)C[C@@H](C(F)(F)F)OC2=O)O1. The molecule has 10 heteroatoms. The number of halogens is 3. The second kappa shape index (κ2) is 25.6. The quantitative estimate of drug-likeness (QED) is 0.0473. The molecule has 1 aromatic carbocycles. The number of aliphatic hydroxyl groups is 1. The molecule has 57 heavy (non-hydrogen) atoms. The smallest absolute Gasteiger partial charge is 0.425 e. The summed E-state index contributed by atoms with van der Waals surface area (Å²) in [6, 6.07) is 9.20. The molecule has 0 aromatic heterocycles. The third-order valence-corrected chi connectivity index (χ3v) is 18.9. The van der Waals surface area contributed by atoms with Gasteiger partial charge in [0, 0.05) is 11.3 Å². The summed E-state index contributed by atoms with van der Waals surface area (Å²) in [5, 5.41) is 11.3. The van der Waals surface area contributed by atoms with Gasteiger partial charge in [-0.3, -0.25) is 4.79 Å². The molecule has 2 saturated heterocycles. The number of ether oxygens (including phenoxy) is 2. The van der Waals surface area contributed by atoms with Crippen molar-refractivity contribution in [3.63, 3.8) is 0 Å². The molecule has 1 unspecified atom stereocenters. The number of hydrogen-bond acceptors (Lipinski definition) is 6. The predicted molar refractivity (Wildman–Crippen MR) is 233 cm³/mol. The number of carbonyl (C=O) groups excluding carboxylic acids is 1. The molecule has 0 spiro atoms. The van der Waals surface area contributed by atoms with Crippen molar-refractivity contribution < 1.29 is 37.0 Å². The lowest BCUT2D eigenvalue weighted by Crippen LogP contribution is -2.47. The average Bonchev–Trinajstić information content (AvgIpc) is 3.77. The van der Waals surface area contributed by atoms with E-state index in [4.69, 9.17) is 13.9 Å². The molecule has 0 radical (unpaired) electrons. The lowest BCUT2D eigenvalue weighted by atomic mass is 9.95. The highest BCUT2D eigenvalue weighted by Crippen LogP contribution is 2.49. The van der Waals surface area contributed by atoms with Gasteiger partial charge in [-0.2, -0.15) is 13.2 Å². The van der Waals surface area contributed by atoms with Crippen LogP contribution in [0.25, 0.3) is 0 Å². The van der Waals surface area contributed by atoms with Crippen molar-refractivity contribution in [2.75, 3.05) is 0 Å². The van der Waals surface area contributed by atoms with Gasteiger partial charge in [-0.15, -0.1) is 11.8 Å². The van der Waals surface area contributed by atoms with Gasteiger partial charge in [0.1, 0.15) is 4.75 Å². The summed E-state index contributed by atoms with van der Waals surface area (Å²) in [5.41, 5.74) is 0. The minimum absolute atomic E-state index is 0.0765. The highest BCUT2D eigenvalue weighted by atomic mass is 32.2. The van der Waals surface area contributed by atoms with Gasteiger partial charge in [0.2, 0.25) is 0 Å². The van der Waals surface area contributed by atoms with Gasteiger partial charge in [-0.25, -0.2) is 0 Å². The van der Waals surface area contributed by atoms with E-state index in [0.29, 0.717) is 12.8 Å². The molecule has 3 rings (SSSR count). The molecule has 1 aromatic rings. The van der Waals surface area contributed by atoms with Gasteiger partial charge >= 0.3 is 12.1 Å². The van der Waals surface area contributed by atoms with Crippen LogP contribution in [0.15, 0.2) is 35.2 Å². The minimum atomic E-state index is -4.54. The van der Waals surface area contributed by atoms with Crippen molar-refractivity contribution >= 4 is 26.0 Å². The average molecular weight is 843 g/mol. The minimum Gasteiger partial charge on any atom is -0.452 e. The van der Waals surface area contributed by atoms with Crippen LogP contribution in [0.2, 0.25) is 18.1 Å². The Morgan fingerprint density at radius 2 is 1.26 bits per heavy atom. The molecule has 330 valence electrons. The van der Waals surface area contributed by atoms with Crippen LogP contribution in [-0.2, 0) is 18.7 Å². The summed E-state index contributed by atoms with van der Waals surface area (Å²) >= 11 is 1.23. The van der Waals surface area contributed by atoms with Gasteiger partial charge in [-0.05, 0) is 62.4 Å². The van der Waals surface area contributed by atoms with Crippen molar-refractivity contribution in [2.45, 2.75) is 259 Å². The fourth-order valence-corrected chi connectivity index (χ4v) is 11.0. The first-order valence-electron chi connectivity index (χ1n) is 23.1. The van der Waals surface area contributed by atoms with Crippen LogP contribution < -0.4 is 0 Å². The van der Waals surface area contributed by atoms with E-state index in [1.807, 2.05) is 30.3 Å². The number of esters is 1. The summed E-state index contributed by atoms with van der Waals surface area (Å²) < 4.78 is 57.7. The fourth-order valence-electron chi connectivity index (χ4n) is 8.21. The Kier molecular flexibility index (Phi) is 22.6. The number of carbonyl (C=O) groups is 1. The molecule has 5 nitrogen and oxygen atoms in total. The first kappa shape index (κ1) is 50.3. The first-order valence-corrected chi connectivity index (χ1v) is 26.8. The van der Waals surface area contributed by atoms with Gasteiger partial charge in [0.15, 0.2) is 14.4 Å². The Hall–Kier alpha value is -1.07. The summed E-state index contributed by atoms with van der Waals surface area (Å²) in [4.78, 5) is 13.6. The van der Waals surface area contributed by atoms with Crippen LogP contribution in [0.1, 0.15) is 195 Å². The maximum absolute atomic E-state index is 13.5. The lowest BCUT2D eigenvalue weighted by molar-refractivity contribution is -0.209. The number of aliphatic hydroxyl groups excluding tert-OH is 1. The third-order valence-electron chi connectivity index (χ3n) is 12.9. The van der Waals surface area contributed by atoms with Crippen LogP contribution in [0.4, 0.5) is 13.2 Å². The number of hydrogen-bond donors (Lipinski definition) is 1. The predicted octanol–water partition coefficient (Wildman–Crippen LogP) is 14.7. The first-order chi connectivity index (χ1) is 27.1. The van der Waals surface area contributed by atoms with E-state index < -0.39 is 37.4 Å². The van der Waals surface area contributed by atoms with Gasteiger partial charge in [0.05, 0.1) is 24.4 Å². The van der Waals surface area contributed by atoms with Crippen LogP contribution >= 0.6 is 11.8 Å². The van der Waals surface area contributed by atoms with Crippen LogP contribution in [0, 0.1) is 0 Å². The van der Waals surface area contributed by atoms with Crippen molar-refractivity contribution in [3.8, 4) is 0 Å². The van der Waals surface area contributed by atoms with E-state index in [1.54, 1.807) is 0 Å². The Bertz CT molecular complexity index is 1230. The largest absolute Gasteiger partial charge is 0.452 e. The lowest BCUT2D eigenvalue weighted by Gasteiger charge is -2.41.